The normalized spacial score (nSPS) is 27.6. The molecule has 26 heavy (non-hydrogen) atoms. The maximum atomic E-state index is 11.4. The molecule has 2 N–H and O–H groups in total. The predicted octanol–water partition coefficient (Wildman–Crippen LogP) is 3.63. The van der Waals surface area contributed by atoms with Crippen molar-refractivity contribution in [3.05, 3.63) is 53.8 Å². The van der Waals surface area contributed by atoms with Gasteiger partial charge in [-0.1, -0.05) is 31.2 Å². The number of nitrogens with zero attached hydrogens (tertiary/aromatic N) is 2. The summed E-state index contributed by atoms with van der Waals surface area (Å²) in [6.07, 6.45) is 10.5. The number of nitrogens with two attached hydrogens (primary N) is 1. The number of primary amides is 1. The largest absolute Gasteiger partial charge is 0.366 e. The molecule has 1 fully saturated rings. The Labute approximate surface area is 154 Å². The quantitative estimate of drug-likeness (QED) is 0.862. The fraction of sp³-hybridized carbons (Fsp3) is 0.409. The summed E-state index contributed by atoms with van der Waals surface area (Å²) in [6, 6.07) is 9.13. The molecule has 2 atom stereocenters. The molecule has 0 aliphatic carbocycles. The zero-order chi connectivity index (χ0) is 17.9. The number of para-hydroxylation sites is 1. The van der Waals surface area contributed by atoms with E-state index in [2.05, 4.69) is 46.7 Å². The average Bonchev–Trinajstić information content (AvgIpc) is 3.00. The highest BCUT2D eigenvalue weighted by atomic mass is 16.1. The van der Waals surface area contributed by atoms with E-state index in [0.29, 0.717) is 6.04 Å². The maximum Gasteiger partial charge on any atom is 0.241 e. The lowest BCUT2D eigenvalue weighted by molar-refractivity contribution is -0.113. The molecule has 1 aromatic carbocycles. The van der Waals surface area contributed by atoms with E-state index in [0.717, 1.165) is 25.1 Å². The van der Waals surface area contributed by atoms with Crippen LogP contribution in [0.3, 0.4) is 0 Å². The molecule has 3 aliphatic rings. The number of piperidine rings is 1. The SMILES string of the molecule is CC[C@@]12C=C(/C=C/C(N)=O)n3c4c(c5ccccc53)CCN(CCC1)[C@H]42. The molecule has 4 heteroatoms. The van der Waals surface area contributed by atoms with Gasteiger partial charge < -0.3 is 10.3 Å². The zero-order valence-corrected chi connectivity index (χ0v) is 15.2. The number of aromatic nitrogens is 1. The van der Waals surface area contributed by atoms with E-state index in [1.54, 1.807) is 0 Å². The van der Waals surface area contributed by atoms with Crippen molar-refractivity contribution in [1.29, 1.82) is 0 Å². The molecular formula is C22H25N3O. The molecule has 5 rings (SSSR count). The van der Waals surface area contributed by atoms with Crippen LogP contribution in [0.25, 0.3) is 16.6 Å². The first-order chi connectivity index (χ1) is 12.6. The molecule has 4 nitrogen and oxygen atoms in total. The molecule has 0 unspecified atom stereocenters. The fourth-order valence-electron chi connectivity index (χ4n) is 5.61. The molecule has 1 saturated heterocycles. The van der Waals surface area contributed by atoms with E-state index in [1.165, 1.54) is 47.6 Å². The van der Waals surface area contributed by atoms with E-state index in [9.17, 15) is 4.79 Å². The minimum Gasteiger partial charge on any atom is -0.366 e. The summed E-state index contributed by atoms with van der Waals surface area (Å²) in [5, 5.41) is 1.36. The Balaban J connectivity index is 1.85. The van der Waals surface area contributed by atoms with Crippen LogP contribution in [0.1, 0.15) is 43.5 Å². The van der Waals surface area contributed by atoms with Crippen LogP contribution < -0.4 is 5.73 Å². The monoisotopic (exact) mass is 347 g/mol. The third-order valence-corrected chi connectivity index (χ3v) is 6.70. The molecule has 1 amide bonds. The highest BCUT2D eigenvalue weighted by Crippen LogP contribution is 2.57. The minimum atomic E-state index is -0.394. The van der Waals surface area contributed by atoms with Crippen LogP contribution in [-0.4, -0.2) is 28.5 Å². The van der Waals surface area contributed by atoms with Crippen LogP contribution in [0, 0.1) is 5.41 Å². The van der Waals surface area contributed by atoms with E-state index in [-0.39, 0.29) is 5.41 Å². The van der Waals surface area contributed by atoms with Gasteiger partial charge in [0.1, 0.15) is 0 Å². The standard InChI is InChI=1S/C22H25N3O/c1-2-22-11-5-12-24-13-10-17-16-6-3-4-7-18(16)25(20(17)21(22)24)15(14-22)8-9-19(23)26/h3-4,6-9,14,21H,2,5,10-13H2,1H3,(H2,23,26)/b9-8+/t21-,22+/m1/s1. The number of fused-ring (bicyclic) bond motifs is 3. The summed E-state index contributed by atoms with van der Waals surface area (Å²) in [4.78, 5) is 14.1. The number of benzene rings is 1. The first-order valence-corrected chi connectivity index (χ1v) is 9.71. The Morgan fingerprint density at radius 3 is 3.00 bits per heavy atom. The first-order valence-electron chi connectivity index (χ1n) is 9.71. The molecule has 0 bridgehead atoms. The Morgan fingerprint density at radius 1 is 1.35 bits per heavy atom. The van der Waals surface area contributed by atoms with E-state index < -0.39 is 5.91 Å². The Bertz CT molecular complexity index is 967. The van der Waals surface area contributed by atoms with E-state index in [1.807, 2.05) is 6.08 Å². The number of allylic oxidation sites excluding steroid dienone is 2. The molecular weight excluding hydrogens is 322 g/mol. The molecule has 4 heterocycles. The van der Waals surface area contributed by atoms with Crippen molar-refractivity contribution in [3.8, 4) is 0 Å². The molecule has 2 aromatic rings. The molecule has 134 valence electrons. The van der Waals surface area contributed by atoms with Crippen molar-refractivity contribution in [3.63, 3.8) is 0 Å². The summed E-state index contributed by atoms with van der Waals surface area (Å²) in [5.74, 6) is -0.394. The molecule has 1 aromatic heterocycles. The maximum absolute atomic E-state index is 11.4. The lowest BCUT2D eigenvalue weighted by Gasteiger charge is -2.53. The van der Waals surface area contributed by atoms with Gasteiger partial charge in [-0.2, -0.15) is 0 Å². The van der Waals surface area contributed by atoms with Gasteiger partial charge in [0.25, 0.3) is 0 Å². The van der Waals surface area contributed by atoms with Crippen LogP contribution in [0.15, 0.2) is 42.5 Å². The van der Waals surface area contributed by atoms with Crippen molar-refractivity contribution < 1.29 is 4.79 Å². The Hall–Kier alpha value is -2.33. The predicted molar refractivity (Wildman–Crippen MR) is 105 cm³/mol. The van der Waals surface area contributed by atoms with Crippen LogP contribution in [0.2, 0.25) is 0 Å². The van der Waals surface area contributed by atoms with Crippen LogP contribution in [0.5, 0.6) is 0 Å². The van der Waals surface area contributed by atoms with Gasteiger partial charge in [-0.05, 0) is 49.9 Å². The second-order valence-electron chi connectivity index (χ2n) is 7.90. The van der Waals surface area contributed by atoms with Gasteiger partial charge in [-0.3, -0.25) is 9.69 Å². The summed E-state index contributed by atoms with van der Waals surface area (Å²) >= 11 is 0. The molecule has 0 saturated carbocycles. The van der Waals surface area contributed by atoms with Crippen molar-refractivity contribution in [2.75, 3.05) is 13.1 Å². The van der Waals surface area contributed by atoms with Gasteiger partial charge in [0.15, 0.2) is 0 Å². The number of carbonyl (C=O) groups is 1. The van der Waals surface area contributed by atoms with E-state index >= 15 is 0 Å². The summed E-state index contributed by atoms with van der Waals surface area (Å²) < 4.78 is 2.39. The molecule has 3 aliphatic heterocycles. The van der Waals surface area contributed by atoms with Crippen molar-refractivity contribution in [2.45, 2.75) is 38.6 Å². The molecule has 0 spiro atoms. The first kappa shape index (κ1) is 15.9. The lowest BCUT2D eigenvalue weighted by atomic mass is 9.66. The van der Waals surface area contributed by atoms with Gasteiger partial charge in [0.05, 0.1) is 11.6 Å². The minimum absolute atomic E-state index is 0.148. The number of carbonyl (C=O) groups excluding carboxylic acids is 1. The van der Waals surface area contributed by atoms with Gasteiger partial charge in [-0.25, -0.2) is 0 Å². The van der Waals surface area contributed by atoms with Crippen LogP contribution >= 0.6 is 0 Å². The van der Waals surface area contributed by atoms with Gasteiger partial charge in [-0.15, -0.1) is 0 Å². The second-order valence-corrected chi connectivity index (χ2v) is 7.90. The lowest BCUT2D eigenvalue weighted by Crippen LogP contribution is -2.50. The zero-order valence-electron chi connectivity index (χ0n) is 15.2. The van der Waals surface area contributed by atoms with Crippen LogP contribution in [0.4, 0.5) is 0 Å². The topological polar surface area (TPSA) is 51.3 Å². The molecule has 0 radical (unpaired) electrons. The Kier molecular flexibility index (Phi) is 3.41. The summed E-state index contributed by atoms with van der Waals surface area (Å²) in [7, 11) is 0. The van der Waals surface area contributed by atoms with Gasteiger partial charge in [0.2, 0.25) is 5.91 Å². The van der Waals surface area contributed by atoms with Gasteiger partial charge in [0, 0.05) is 34.8 Å². The number of hydrogen-bond donors (Lipinski definition) is 1. The average molecular weight is 347 g/mol. The third-order valence-electron chi connectivity index (χ3n) is 6.70. The second kappa shape index (κ2) is 5.58. The van der Waals surface area contributed by atoms with E-state index in [4.69, 9.17) is 5.73 Å². The number of hydrogen-bond acceptors (Lipinski definition) is 2. The van der Waals surface area contributed by atoms with Gasteiger partial charge >= 0.3 is 0 Å². The van der Waals surface area contributed by atoms with Crippen LogP contribution in [-0.2, 0) is 11.2 Å². The summed E-state index contributed by atoms with van der Waals surface area (Å²) in [5.41, 5.74) is 10.9. The number of amides is 1. The van der Waals surface area contributed by atoms with Crippen molar-refractivity contribution in [1.82, 2.24) is 9.47 Å². The summed E-state index contributed by atoms with van der Waals surface area (Å²) in [6.45, 7) is 4.64. The smallest absolute Gasteiger partial charge is 0.241 e. The Morgan fingerprint density at radius 2 is 2.19 bits per heavy atom. The fourth-order valence-corrected chi connectivity index (χ4v) is 5.61. The van der Waals surface area contributed by atoms with Crippen molar-refractivity contribution >= 4 is 22.5 Å². The van der Waals surface area contributed by atoms with Crippen molar-refractivity contribution in [2.24, 2.45) is 11.1 Å². The number of rotatable bonds is 3. The highest BCUT2D eigenvalue weighted by molar-refractivity contribution is 5.93. The third kappa shape index (κ3) is 2.02. The highest BCUT2D eigenvalue weighted by Gasteiger charge is 2.49.